The summed E-state index contributed by atoms with van der Waals surface area (Å²) in [7, 11) is 0. The Bertz CT molecular complexity index is 2280. The van der Waals surface area contributed by atoms with Gasteiger partial charge in [-0.1, -0.05) is 146 Å². The fraction of sp³-hybridized carbons (Fsp3) is 0.0233. The van der Waals surface area contributed by atoms with Crippen LogP contribution in [0.2, 0.25) is 0 Å². The second-order valence-corrected chi connectivity index (χ2v) is 11.8. The maximum atomic E-state index is 6.21. The molecule has 9 rings (SSSR count). The van der Waals surface area contributed by atoms with E-state index in [1.54, 1.807) is 0 Å². The van der Waals surface area contributed by atoms with Crippen molar-refractivity contribution in [2.75, 3.05) is 0 Å². The van der Waals surface area contributed by atoms with E-state index in [0.717, 1.165) is 39.2 Å². The fourth-order valence-electron chi connectivity index (χ4n) is 7.16. The molecular weight excluding hydrogens is 560 g/mol. The number of nitrogens with zero attached hydrogens (tertiary/aromatic N) is 2. The molecule has 0 radical (unpaired) electrons. The van der Waals surface area contributed by atoms with E-state index in [0.29, 0.717) is 5.89 Å². The average molecular weight is 589 g/mol. The molecule has 0 spiro atoms. The zero-order valence-electron chi connectivity index (χ0n) is 25.0. The van der Waals surface area contributed by atoms with Crippen molar-refractivity contribution in [2.45, 2.75) is 5.41 Å². The van der Waals surface area contributed by atoms with Gasteiger partial charge in [-0.05, 0) is 57.6 Å². The smallest absolute Gasteiger partial charge is 0.227 e. The van der Waals surface area contributed by atoms with Crippen molar-refractivity contribution >= 4 is 11.1 Å². The van der Waals surface area contributed by atoms with Crippen molar-refractivity contribution in [1.82, 2.24) is 9.97 Å². The number of rotatable bonds is 5. The minimum Gasteiger partial charge on any atom is -0.436 e. The van der Waals surface area contributed by atoms with E-state index in [1.807, 2.05) is 42.5 Å². The first-order valence-electron chi connectivity index (χ1n) is 15.6. The highest BCUT2D eigenvalue weighted by Gasteiger charge is 2.45. The van der Waals surface area contributed by atoms with E-state index in [2.05, 4.69) is 127 Å². The molecule has 2 aromatic heterocycles. The van der Waals surface area contributed by atoms with Gasteiger partial charge in [-0.3, -0.25) is 0 Å². The van der Waals surface area contributed by atoms with Crippen molar-refractivity contribution in [2.24, 2.45) is 0 Å². The molecule has 0 aliphatic heterocycles. The Labute approximate surface area is 267 Å². The average Bonchev–Trinajstić information content (AvgIpc) is 3.71. The number of fused-ring (bicyclic) bond motifs is 4. The summed E-state index contributed by atoms with van der Waals surface area (Å²) in [5, 5.41) is 0. The molecule has 0 amide bonds. The molecule has 0 fully saturated rings. The van der Waals surface area contributed by atoms with E-state index < -0.39 is 5.41 Å². The summed E-state index contributed by atoms with van der Waals surface area (Å²) >= 11 is 0. The summed E-state index contributed by atoms with van der Waals surface area (Å²) in [6, 6.07) is 59.8. The van der Waals surface area contributed by atoms with Crippen molar-refractivity contribution in [3.05, 3.63) is 192 Å². The van der Waals surface area contributed by atoms with Crippen molar-refractivity contribution in [3.63, 3.8) is 0 Å². The van der Waals surface area contributed by atoms with Gasteiger partial charge in [0.2, 0.25) is 5.89 Å². The number of benzene rings is 6. The second-order valence-electron chi connectivity index (χ2n) is 11.8. The Morgan fingerprint density at radius 1 is 0.413 bits per heavy atom. The van der Waals surface area contributed by atoms with E-state index in [1.165, 1.54) is 33.4 Å². The Hall–Kier alpha value is -6.06. The molecule has 6 aromatic carbocycles. The first-order chi connectivity index (χ1) is 22.8. The molecule has 0 N–H and O–H groups in total. The predicted molar refractivity (Wildman–Crippen MR) is 185 cm³/mol. The van der Waals surface area contributed by atoms with E-state index in [-0.39, 0.29) is 0 Å². The zero-order chi connectivity index (χ0) is 30.5. The largest absolute Gasteiger partial charge is 0.436 e. The van der Waals surface area contributed by atoms with Crippen LogP contribution in [0.3, 0.4) is 0 Å². The van der Waals surface area contributed by atoms with Crippen LogP contribution in [-0.4, -0.2) is 9.97 Å². The van der Waals surface area contributed by atoms with Crippen LogP contribution in [0.25, 0.3) is 56.2 Å². The molecule has 3 nitrogen and oxygen atoms in total. The van der Waals surface area contributed by atoms with E-state index >= 15 is 0 Å². The van der Waals surface area contributed by atoms with Gasteiger partial charge in [0.05, 0.1) is 16.8 Å². The van der Waals surface area contributed by atoms with Gasteiger partial charge >= 0.3 is 0 Å². The second kappa shape index (κ2) is 10.5. The summed E-state index contributed by atoms with van der Waals surface area (Å²) in [6.07, 6.45) is 0. The lowest BCUT2D eigenvalue weighted by Crippen LogP contribution is -2.28. The van der Waals surface area contributed by atoms with Crippen LogP contribution < -0.4 is 0 Å². The Kier molecular flexibility index (Phi) is 6.04. The molecule has 8 aromatic rings. The molecule has 2 heterocycles. The Morgan fingerprint density at radius 3 is 1.59 bits per heavy atom. The number of aromatic nitrogens is 2. The molecule has 0 atom stereocenters. The molecule has 0 bridgehead atoms. The van der Waals surface area contributed by atoms with Gasteiger partial charge in [0.15, 0.2) is 5.58 Å². The summed E-state index contributed by atoms with van der Waals surface area (Å²) in [4.78, 5) is 9.97. The van der Waals surface area contributed by atoms with E-state index in [9.17, 15) is 0 Å². The van der Waals surface area contributed by atoms with Crippen LogP contribution in [0.4, 0.5) is 0 Å². The number of oxazole rings is 1. The maximum Gasteiger partial charge on any atom is 0.227 e. The first kappa shape index (κ1) is 26.4. The van der Waals surface area contributed by atoms with Crippen molar-refractivity contribution in [1.29, 1.82) is 0 Å². The van der Waals surface area contributed by atoms with Crippen LogP contribution >= 0.6 is 0 Å². The van der Waals surface area contributed by atoms with E-state index in [4.69, 9.17) is 14.4 Å². The number of hydrogen-bond acceptors (Lipinski definition) is 3. The van der Waals surface area contributed by atoms with Crippen LogP contribution in [-0.2, 0) is 5.41 Å². The lowest BCUT2D eigenvalue weighted by molar-refractivity contribution is 0.620. The molecule has 0 saturated carbocycles. The maximum absolute atomic E-state index is 6.21. The van der Waals surface area contributed by atoms with Crippen LogP contribution in [0.15, 0.2) is 174 Å². The van der Waals surface area contributed by atoms with Gasteiger partial charge in [0.25, 0.3) is 0 Å². The Balaban J connectivity index is 1.22. The van der Waals surface area contributed by atoms with Crippen LogP contribution in [0.1, 0.15) is 22.3 Å². The summed E-state index contributed by atoms with van der Waals surface area (Å²) in [6.45, 7) is 0. The molecule has 216 valence electrons. The summed E-state index contributed by atoms with van der Waals surface area (Å²) in [5.41, 5.74) is 13.5. The summed E-state index contributed by atoms with van der Waals surface area (Å²) in [5.74, 6) is 0.584. The third kappa shape index (κ3) is 4.06. The SMILES string of the molecule is c1ccc(-c2cc(-c3nc4ccccc4o3)cc(-c3ccc(C4(c5ccccc5)c5ccccc5-c5ccccc54)cc3)n2)cc1. The zero-order valence-corrected chi connectivity index (χ0v) is 25.0. The molecule has 3 heteroatoms. The van der Waals surface area contributed by atoms with Crippen molar-refractivity contribution < 1.29 is 4.42 Å². The first-order valence-corrected chi connectivity index (χ1v) is 15.6. The molecule has 1 aliphatic carbocycles. The number of hydrogen-bond donors (Lipinski definition) is 0. The lowest BCUT2D eigenvalue weighted by atomic mass is 9.67. The molecular formula is C43H28N2O. The topological polar surface area (TPSA) is 38.9 Å². The fourth-order valence-corrected chi connectivity index (χ4v) is 7.16. The lowest BCUT2D eigenvalue weighted by Gasteiger charge is -2.34. The normalized spacial score (nSPS) is 13.0. The number of pyridine rings is 1. The molecule has 46 heavy (non-hydrogen) atoms. The minimum atomic E-state index is -0.435. The molecule has 0 saturated heterocycles. The van der Waals surface area contributed by atoms with Gasteiger partial charge < -0.3 is 4.42 Å². The highest BCUT2D eigenvalue weighted by Crippen LogP contribution is 2.56. The van der Waals surface area contributed by atoms with Crippen LogP contribution in [0, 0.1) is 0 Å². The third-order valence-electron chi connectivity index (χ3n) is 9.21. The molecule has 0 unspecified atom stereocenters. The summed E-state index contributed by atoms with van der Waals surface area (Å²) < 4.78 is 6.21. The highest BCUT2D eigenvalue weighted by atomic mass is 16.3. The standard InChI is InChI=1S/C43H28N2O/c1-3-13-29(14-4-1)39-27-31(42-45-38-21-11-12-22-41(38)46-42)28-40(44-39)30-23-25-33(26-24-30)43(32-15-5-2-6-16-32)36-19-9-7-17-34(36)35-18-8-10-20-37(35)43/h1-28H. The van der Waals surface area contributed by atoms with Gasteiger partial charge in [-0.15, -0.1) is 0 Å². The van der Waals surface area contributed by atoms with Gasteiger partial charge in [-0.25, -0.2) is 9.97 Å². The number of para-hydroxylation sites is 2. The molecule has 1 aliphatic rings. The quantitative estimate of drug-likeness (QED) is 0.201. The van der Waals surface area contributed by atoms with Gasteiger partial charge in [-0.2, -0.15) is 0 Å². The minimum absolute atomic E-state index is 0.435. The van der Waals surface area contributed by atoms with Crippen LogP contribution in [0.5, 0.6) is 0 Å². The highest BCUT2D eigenvalue weighted by molar-refractivity contribution is 5.86. The Morgan fingerprint density at radius 2 is 0.935 bits per heavy atom. The van der Waals surface area contributed by atoms with Gasteiger partial charge in [0, 0.05) is 16.7 Å². The van der Waals surface area contributed by atoms with Crippen molar-refractivity contribution in [3.8, 4) is 45.1 Å². The van der Waals surface area contributed by atoms with Gasteiger partial charge in [0.1, 0.15) is 5.52 Å². The monoisotopic (exact) mass is 588 g/mol. The predicted octanol–water partition coefficient (Wildman–Crippen LogP) is 10.6. The third-order valence-corrected chi connectivity index (χ3v) is 9.21.